The maximum atomic E-state index is 13.1. The highest BCUT2D eigenvalue weighted by Gasteiger charge is 2.30. The number of phenols is 1. The lowest BCUT2D eigenvalue weighted by atomic mass is 10.2. The normalized spacial score (nSPS) is 12.8. The number of fused-ring (bicyclic) bond motifs is 1. The summed E-state index contributed by atoms with van der Waals surface area (Å²) in [4.78, 5) is 12.7. The number of anilines is 2. The van der Waals surface area contributed by atoms with Gasteiger partial charge in [-0.15, -0.1) is 0 Å². The van der Waals surface area contributed by atoms with Gasteiger partial charge in [0.2, 0.25) is 0 Å². The zero-order chi connectivity index (χ0) is 22.9. The number of rotatable bonds is 4. The van der Waals surface area contributed by atoms with Gasteiger partial charge in [-0.3, -0.25) is 4.31 Å². The fourth-order valence-electron chi connectivity index (χ4n) is 3.44. The maximum Gasteiger partial charge on any atom is 0.356 e. The van der Waals surface area contributed by atoms with Crippen LogP contribution >= 0.6 is 12.2 Å². The van der Waals surface area contributed by atoms with Crippen molar-refractivity contribution in [1.29, 1.82) is 0 Å². The summed E-state index contributed by atoms with van der Waals surface area (Å²) in [5.74, 6) is -0.403. The minimum Gasteiger partial charge on any atom is -0.508 e. The number of sulfonamides is 1. The molecule has 4 rings (SSSR count). The van der Waals surface area contributed by atoms with Gasteiger partial charge in [0.05, 0.1) is 22.9 Å². The van der Waals surface area contributed by atoms with Crippen molar-refractivity contribution >= 4 is 51.4 Å². The zero-order valence-electron chi connectivity index (χ0n) is 16.9. The lowest BCUT2D eigenvalue weighted by Crippen LogP contribution is -2.30. The van der Waals surface area contributed by atoms with Crippen molar-refractivity contribution in [2.45, 2.75) is 11.3 Å². The van der Waals surface area contributed by atoms with Crippen LogP contribution in [0.25, 0.3) is 0 Å². The van der Waals surface area contributed by atoms with Crippen LogP contribution in [0.1, 0.15) is 15.9 Å². The lowest BCUT2D eigenvalue weighted by Gasteiger charge is -2.19. The number of hydrogen-bond acceptors (Lipinski definition) is 5. The molecule has 2 N–H and O–H groups in total. The number of nitrogens with zero attached hydrogens (tertiary/aromatic N) is 2. The van der Waals surface area contributed by atoms with E-state index >= 15 is 0 Å². The number of aromatic hydroxyl groups is 1. The number of phenolic OH excluding ortho intramolecular Hbond substituents is 1. The van der Waals surface area contributed by atoms with Gasteiger partial charge in [0.25, 0.3) is 10.0 Å². The monoisotopic (exact) mass is 466 g/mol. The molecule has 1 heterocycles. The third-order valence-corrected chi connectivity index (χ3v) is 7.29. The van der Waals surface area contributed by atoms with Crippen LogP contribution in [0.2, 0.25) is 0 Å². The van der Waals surface area contributed by atoms with Crippen LogP contribution in [-0.2, 0) is 16.4 Å². The first-order valence-electron chi connectivity index (χ1n) is 9.73. The Kier molecular flexibility index (Phi) is 5.77. The van der Waals surface area contributed by atoms with Crippen molar-refractivity contribution in [3.8, 4) is 5.75 Å². The lowest BCUT2D eigenvalue weighted by molar-refractivity contribution is -0.286. The van der Waals surface area contributed by atoms with Gasteiger partial charge in [-0.2, -0.15) is 4.58 Å². The van der Waals surface area contributed by atoms with Gasteiger partial charge in [-0.1, -0.05) is 18.2 Å². The third kappa shape index (κ3) is 4.12. The molecule has 1 aliphatic rings. The highest BCUT2D eigenvalue weighted by atomic mass is 32.2. The summed E-state index contributed by atoms with van der Waals surface area (Å²) in [6.45, 7) is 4.08. The van der Waals surface area contributed by atoms with E-state index in [1.807, 2.05) is 24.3 Å². The highest BCUT2D eigenvalue weighted by Crippen LogP contribution is 2.32. The molecule has 7 nitrogen and oxygen atoms in total. The van der Waals surface area contributed by atoms with Gasteiger partial charge >= 0.3 is 11.0 Å². The first-order chi connectivity index (χ1) is 15.3. The standard InChI is InChI=1S/C23H19N3O4S2/c1-25(22(28)17-6-10-19(27)11-7-17)23(31)24-18-8-12-20(13-9-18)32(29,30)26-15-14-16-4-2-3-5-21(16)26/h2-13H,1,14-15H2,(H-,24,27,28,31)/p+1. The summed E-state index contributed by atoms with van der Waals surface area (Å²) in [6, 6.07) is 19.4. The Morgan fingerprint density at radius 3 is 2.38 bits per heavy atom. The molecule has 162 valence electrons. The van der Waals surface area contributed by atoms with Crippen LogP contribution in [0.15, 0.2) is 77.7 Å². The molecule has 0 spiro atoms. The fourth-order valence-corrected chi connectivity index (χ4v) is 5.14. The third-order valence-electron chi connectivity index (χ3n) is 5.14. The molecule has 0 unspecified atom stereocenters. The average Bonchev–Trinajstić information content (AvgIpc) is 3.24. The molecule has 0 aliphatic carbocycles. The Morgan fingerprint density at radius 2 is 1.69 bits per heavy atom. The summed E-state index contributed by atoms with van der Waals surface area (Å²) in [5, 5.41) is 12.3. The van der Waals surface area contributed by atoms with Gasteiger partial charge in [-0.25, -0.2) is 18.5 Å². The van der Waals surface area contributed by atoms with E-state index in [-0.39, 0.29) is 15.8 Å². The molecule has 0 radical (unpaired) electrons. The molecule has 0 atom stereocenters. The van der Waals surface area contributed by atoms with Crippen molar-refractivity contribution < 1.29 is 22.9 Å². The summed E-state index contributed by atoms with van der Waals surface area (Å²) in [6.07, 6.45) is 0.678. The van der Waals surface area contributed by atoms with Gasteiger partial charge in [0.15, 0.2) is 0 Å². The van der Waals surface area contributed by atoms with Crippen molar-refractivity contribution in [3.05, 3.63) is 83.9 Å². The number of nitrogens with one attached hydrogen (secondary N) is 1. The number of thiocarbonyl (C=S) groups is 1. The van der Waals surface area contributed by atoms with Crippen molar-refractivity contribution in [3.63, 3.8) is 0 Å². The van der Waals surface area contributed by atoms with Crippen LogP contribution < -0.4 is 9.62 Å². The second-order valence-corrected chi connectivity index (χ2v) is 9.44. The predicted octanol–water partition coefficient (Wildman–Crippen LogP) is 3.39. The van der Waals surface area contributed by atoms with E-state index < -0.39 is 15.9 Å². The molecule has 0 saturated carbocycles. The van der Waals surface area contributed by atoms with Gasteiger partial charge in [0, 0.05) is 18.8 Å². The molecule has 3 aromatic rings. The second kappa shape index (κ2) is 8.52. The van der Waals surface area contributed by atoms with Crippen molar-refractivity contribution in [1.82, 2.24) is 0 Å². The summed E-state index contributed by atoms with van der Waals surface area (Å²) >= 11 is 5.25. The van der Waals surface area contributed by atoms with E-state index in [0.717, 1.165) is 10.1 Å². The minimum atomic E-state index is -3.69. The van der Waals surface area contributed by atoms with Gasteiger partial charge < -0.3 is 5.11 Å². The molecule has 1 amide bonds. The SMILES string of the molecule is C=[N+](C(=O)c1ccc(O)cc1)C(=S)Nc1ccc(S(=O)(=O)N2CCc3ccccc32)cc1. The number of amides is 1. The Bertz CT molecular complexity index is 1320. The van der Waals surface area contributed by atoms with Crippen molar-refractivity contribution in [2.75, 3.05) is 16.2 Å². The van der Waals surface area contributed by atoms with E-state index in [0.29, 0.717) is 29.9 Å². The number of para-hydroxylation sites is 1. The van der Waals surface area contributed by atoms with Gasteiger partial charge in [0.1, 0.15) is 11.4 Å². The van der Waals surface area contributed by atoms with E-state index in [9.17, 15) is 18.3 Å². The molecule has 32 heavy (non-hydrogen) atoms. The molecular weight excluding hydrogens is 446 g/mol. The number of benzene rings is 3. The van der Waals surface area contributed by atoms with Crippen LogP contribution in [-0.4, -0.2) is 42.4 Å². The molecule has 0 bridgehead atoms. The largest absolute Gasteiger partial charge is 0.508 e. The molecule has 1 aliphatic heterocycles. The summed E-state index contributed by atoms with van der Waals surface area (Å²) < 4.78 is 28.7. The topological polar surface area (TPSA) is 89.7 Å². The first kappa shape index (κ1) is 21.7. The van der Waals surface area contributed by atoms with Crippen LogP contribution in [0.3, 0.4) is 0 Å². The van der Waals surface area contributed by atoms with Crippen LogP contribution in [0, 0.1) is 0 Å². The molecule has 0 saturated heterocycles. The summed E-state index contributed by atoms with van der Waals surface area (Å²) in [7, 11) is -3.69. The first-order valence-corrected chi connectivity index (χ1v) is 11.6. The number of carbonyl (C=O) groups excluding carboxylic acids is 1. The smallest absolute Gasteiger partial charge is 0.356 e. The fraction of sp³-hybridized carbons (Fsp3) is 0.0870. The zero-order valence-corrected chi connectivity index (χ0v) is 18.6. The summed E-state index contributed by atoms with van der Waals surface area (Å²) in [5.41, 5.74) is 2.54. The second-order valence-electron chi connectivity index (χ2n) is 7.19. The minimum absolute atomic E-state index is 0.0466. The van der Waals surface area contributed by atoms with E-state index in [2.05, 4.69) is 12.0 Å². The van der Waals surface area contributed by atoms with Gasteiger partial charge in [-0.05, 0) is 66.6 Å². The highest BCUT2D eigenvalue weighted by molar-refractivity contribution is 7.92. The number of hydrogen-bond donors (Lipinski definition) is 2. The Labute approximate surface area is 191 Å². The molecule has 0 fully saturated rings. The molecule has 9 heteroatoms. The average molecular weight is 467 g/mol. The van der Waals surface area contributed by atoms with E-state index in [1.165, 1.54) is 40.7 Å². The van der Waals surface area contributed by atoms with E-state index in [1.54, 1.807) is 12.1 Å². The number of carbonyl (C=O) groups is 1. The maximum absolute atomic E-state index is 13.1. The van der Waals surface area contributed by atoms with E-state index in [4.69, 9.17) is 12.2 Å². The Hall–Kier alpha value is -3.56. The quantitative estimate of drug-likeness (QED) is 0.348. The Balaban J connectivity index is 1.47. The molecule has 3 aromatic carbocycles. The molecule has 0 aromatic heterocycles. The van der Waals surface area contributed by atoms with Crippen molar-refractivity contribution in [2.24, 2.45) is 0 Å². The Morgan fingerprint density at radius 1 is 1.03 bits per heavy atom. The van der Waals surface area contributed by atoms with Crippen LogP contribution in [0.4, 0.5) is 11.4 Å². The molecular formula is C23H20N3O4S2+. The predicted molar refractivity (Wildman–Crippen MR) is 127 cm³/mol. The van der Waals surface area contributed by atoms with Crippen LogP contribution in [0.5, 0.6) is 5.75 Å².